The van der Waals surface area contributed by atoms with Crippen LogP contribution in [-0.4, -0.2) is 97.3 Å². The van der Waals surface area contributed by atoms with Gasteiger partial charge in [0.15, 0.2) is 6.10 Å². The van der Waals surface area contributed by atoms with E-state index in [1.165, 1.54) is 0 Å². The minimum absolute atomic E-state index is 0.0184. The van der Waals surface area contributed by atoms with Crippen LogP contribution in [-0.2, 0) is 32.7 Å². The lowest BCUT2D eigenvalue weighted by atomic mass is 10.1. The first-order chi connectivity index (χ1) is 29.8. The Morgan fingerprint density at radius 3 is 1.82 bits per heavy atom. The van der Waals surface area contributed by atoms with E-state index in [0.29, 0.717) is 43.1 Å². The molecule has 0 aliphatic heterocycles. The summed E-state index contributed by atoms with van der Waals surface area (Å²) in [4.78, 5) is 35.4. The summed E-state index contributed by atoms with van der Waals surface area (Å²) in [5.41, 5.74) is 0. The number of carbonyl (C=O) groups is 2. The molecule has 0 aromatic rings. The number of phosphoric ester groups is 1. The van der Waals surface area contributed by atoms with Gasteiger partial charge in [-0.25, -0.2) is 4.57 Å². The summed E-state index contributed by atoms with van der Waals surface area (Å²) in [6.07, 6.45) is 49.0. The van der Waals surface area contributed by atoms with Gasteiger partial charge in [0.1, 0.15) is 19.8 Å². The first-order valence-electron chi connectivity index (χ1n) is 22.5. The van der Waals surface area contributed by atoms with E-state index < -0.39 is 44.7 Å². The predicted molar refractivity (Wildman–Crippen MR) is 254 cm³/mol. The number of allylic oxidation sites excluding steroid dienone is 16. The zero-order valence-electron chi connectivity index (χ0n) is 38.5. The fourth-order valence-corrected chi connectivity index (χ4v) is 5.90. The number of hydrogen-bond donors (Lipinski definition) is 3. The van der Waals surface area contributed by atoms with E-state index in [1.807, 2.05) is 63.7 Å². The van der Waals surface area contributed by atoms with Crippen LogP contribution in [0.1, 0.15) is 117 Å². The Balaban J connectivity index is 4.67. The van der Waals surface area contributed by atoms with Crippen molar-refractivity contribution in [3.8, 4) is 0 Å². The number of phosphoric acid groups is 1. The molecule has 1 unspecified atom stereocenters. The van der Waals surface area contributed by atoms with Crippen molar-refractivity contribution in [3.63, 3.8) is 0 Å². The van der Waals surface area contributed by atoms with Crippen LogP contribution in [0.3, 0.4) is 0 Å². The van der Waals surface area contributed by atoms with E-state index in [4.69, 9.17) is 18.5 Å². The standard InChI is InChI=1S/C50H80NO10P/c1-6-8-10-11-12-13-14-15-16-17-18-19-20-21-25-28-34-40-49(54)58-44-48(45-60-62(56,57)59-43-42-51(3,4)5)61-50(55)41-35-29-33-39-47(53)38-32-27-24-22-23-26-31-37-46(52)36-30-9-7-2/h8-10,12-13,15-16,18-19,23-24,26-27,30-33,37-39,46-48,52-53H,6-7,11,14,17,20-22,25,28-29,34-36,40-45H2,1-5H3/p+1/b10-8-,13-12-,16-15-,19-18-,26-23-,27-24-,30-9-,37-31+,38-32+,39-33-/t46-,47-,48+/m0/s1. The molecule has 4 atom stereocenters. The van der Waals surface area contributed by atoms with Crippen molar-refractivity contribution in [1.82, 2.24) is 0 Å². The van der Waals surface area contributed by atoms with E-state index in [0.717, 1.165) is 57.8 Å². The van der Waals surface area contributed by atoms with Gasteiger partial charge in [-0.2, -0.15) is 0 Å². The van der Waals surface area contributed by atoms with Crippen LogP contribution in [0, 0.1) is 0 Å². The van der Waals surface area contributed by atoms with Gasteiger partial charge in [0, 0.05) is 12.8 Å². The Hall–Kier alpha value is -3.67. The second kappa shape index (κ2) is 40.1. The van der Waals surface area contributed by atoms with E-state index >= 15 is 0 Å². The summed E-state index contributed by atoms with van der Waals surface area (Å²) in [6.45, 7) is 3.82. The molecule has 12 heteroatoms. The van der Waals surface area contributed by atoms with Crippen LogP contribution in [0.25, 0.3) is 0 Å². The van der Waals surface area contributed by atoms with Crippen molar-refractivity contribution in [1.29, 1.82) is 0 Å². The van der Waals surface area contributed by atoms with Gasteiger partial charge in [-0.05, 0) is 77.0 Å². The van der Waals surface area contributed by atoms with E-state index in [-0.39, 0.29) is 26.1 Å². The zero-order chi connectivity index (χ0) is 46.0. The molecular weight excluding hydrogens is 806 g/mol. The topological polar surface area (TPSA) is 149 Å². The van der Waals surface area contributed by atoms with Crippen LogP contribution in [0.2, 0.25) is 0 Å². The number of esters is 2. The van der Waals surface area contributed by atoms with E-state index in [9.17, 15) is 29.3 Å². The third kappa shape index (κ3) is 43.0. The van der Waals surface area contributed by atoms with Gasteiger partial charge in [0.25, 0.3) is 0 Å². The molecule has 0 saturated heterocycles. The largest absolute Gasteiger partial charge is 0.472 e. The van der Waals surface area contributed by atoms with Crippen molar-refractivity contribution < 1.29 is 52.3 Å². The molecule has 3 N–H and O–H groups in total. The summed E-state index contributed by atoms with van der Waals surface area (Å²) in [5, 5.41) is 20.1. The molecule has 0 radical (unpaired) electrons. The van der Waals surface area contributed by atoms with Gasteiger partial charge in [-0.3, -0.25) is 18.6 Å². The highest BCUT2D eigenvalue weighted by Crippen LogP contribution is 2.43. The van der Waals surface area contributed by atoms with Gasteiger partial charge in [-0.1, -0.05) is 148 Å². The number of hydrogen-bond acceptors (Lipinski definition) is 9. The third-order valence-corrected chi connectivity index (χ3v) is 9.65. The molecule has 0 saturated carbocycles. The van der Waals surface area contributed by atoms with Crippen molar-refractivity contribution in [2.45, 2.75) is 135 Å². The van der Waals surface area contributed by atoms with Gasteiger partial charge in [0.05, 0.1) is 40.0 Å². The third-order valence-electron chi connectivity index (χ3n) is 8.66. The van der Waals surface area contributed by atoms with Gasteiger partial charge in [0.2, 0.25) is 0 Å². The Bertz CT molecular complexity index is 1500. The Kier molecular flexibility index (Phi) is 37.8. The normalized spacial score (nSPS) is 15.7. The number of quaternary nitrogens is 1. The molecular formula is C50H81NO10P+. The van der Waals surface area contributed by atoms with Crippen LogP contribution in [0.15, 0.2) is 122 Å². The molecule has 62 heavy (non-hydrogen) atoms. The molecule has 0 fully saturated rings. The highest BCUT2D eigenvalue weighted by molar-refractivity contribution is 7.47. The molecule has 350 valence electrons. The zero-order valence-corrected chi connectivity index (χ0v) is 39.4. The summed E-state index contributed by atoms with van der Waals surface area (Å²) in [7, 11) is 1.31. The minimum Gasteiger partial charge on any atom is -0.462 e. The molecule has 0 aliphatic rings. The molecule has 0 spiro atoms. The van der Waals surface area contributed by atoms with Gasteiger partial charge in [-0.15, -0.1) is 0 Å². The Morgan fingerprint density at radius 1 is 0.597 bits per heavy atom. The average Bonchev–Trinajstić information content (AvgIpc) is 3.21. The highest BCUT2D eigenvalue weighted by Gasteiger charge is 2.27. The molecule has 0 aromatic carbocycles. The molecule has 0 rings (SSSR count). The summed E-state index contributed by atoms with van der Waals surface area (Å²) in [5.74, 6) is -1.03. The second-order valence-corrected chi connectivity index (χ2v) is 17.2. The van der Waals surface area contributed by atoms with Crippen LogP contribution in [0.5, 0.6) is 0 Å². The minimum atomic E-state index is -4.45. The van der Waals surface area contributed by atoms with Crippen molar-refractivity contribution >= 4 is 19.8 Å². The van der Waals surface area contributed by atoms with E-state index in [2.05, 4.69) is 62.5 Å². The number of carbonyl (C=O) groups excluding carboxylic acids is 2. The van der Waals surface area contributed by atoms with Crippen molar-refractivity contribution in [2.75, 3.05) is 47.5 Å². The molecule has 0 bridgehead atoms. The summed E-state index contributed by atoms with van der Waals surface area (Å²) >= 11 is 0. The van der Waals surface area contributed by atoms with Crippen molar-refractivity contribution in [2.24, 2.45) is 0 Å². The number of nitrogens with zero attached hydrogens (tertiary/aromatic N) is 1. The molecule has 0 aliphatic carbocycles. The molecule has 0 aromatic heterocycles. The molecule has 0 amide bonds. The fourth-order valence-electron chi connectivity index (χ4n) is 5.15. The number of ether oxygens (including phenoxy) is 2. The monoisotopic (exact) mass is 887 g/mol. The molecule has 11 nitrogen and oxygen atoms in total. The average molecular weight is 887 g/mol. The van der Waals surface area contributed by atoms with Gasteiger partial charge < -0.3 is 29.1 Å². The SMILES string of the molecule is CC/C=C\C/C=C\C/C=C\C/C=C\CCCCCCC(=O)OC[C@H](COP(=O)(O)OCC[N+](C)(C)C)OC(=O)CCC/C=C\[C@@H](O)/C=C/C=C\C/C=C\C=C\[C@@H](O)C/C=C\CC. The number of unbranched alkanes of at least 4 members (excludes halogenated alkanes) is 5. The van der Waals surface area contributed by atoms with Crippen LogP contribution in [0.4, 0.5) is 0 Å². The summed E-state index contributed by atoms with van der Waals surface area (Å²) < 4.78 is 34.1. The number of rotatable bonds is 38. The first-order valence-corrected chi connectivity index (χ1v) is 24.0. The lowest BCUT2D eigenvalue weighted by molar-refractivity contribution is -0.870. The number of likely N-dealkylation sites (N-methyl/N-ethyl adjacent to an activating group) is 1. The van der Waals surface area contributed by atoms with Crippen molar-refractivity contribution in [3.05, 3.63) is 122 Å². The maximum atomic E-state index is 12.7. The van der Waals surface area contributed by atoms with Gasteiger partial charge >= 0.3 is 19.8 Å². The first kappa shape index (κ1) is 58.3. The maximum absolute atomic E-state index is 12.7. The number of aliphatic hydroxyl groups is 2. The summed E-state index contributed by atoms with van der Waals surface area (Å²) in [6, 6.07) is 0. The number of aliphatic hydroxyl groups excluding tert-OH is 2. The highest BCUT2D eigenvalue weighted by atomic mass is 31.2. The van der Waals surface area contributed by atoms with Crippen LogP contribution >= 0.6 is 7.82 Å². The predicted octanol–water partition coefficient (Wildman–Crippen LogP) is 10.8. The lowest BCUT2D eigenvalue weighted by Gasteiger charge is -2.24. The Morgan fingerprint density at radius 2 is 1.16 bits per heavy atom. The van der Waals surface area contributed by atoms with Crippen LogP contribution < -0.4 is 0 Å². The second-order valence-electron chi connectivity index (χ2n) is 15.7. The smallest absolute Gasteiger partial charge is 0.462 e. The Labute approximate surface area is 374 Å². The molecule has 0 heterocycles. The quantitative estimate of drug-likeness (QED) is 0.0137. The lowest BCUT2D eigenvalue weighted by Crippen LogP contribution is -2.37. The fraction of sp³-hybridized carbons (Fsp3) is 0.560. The maximum Gasteiger partial charge on any atom is 0.472 e. The van der Waals surface area contributed by atoms with E-state index in [1.54, 1.807) is 30.4 Å².